The maximum absolute atomic E-state index is 12.3. The van der Waals surface area contributed by atoms with Gasteiger partial charge in [-0.2, -0.15) is 0 Å². The Morgan fingerprint density at radius 2 is 2.10 bits per heavy atom. The Morgan fingerprint density at radius 1 is 1.40 bits per heavy atom. The lowest BCUT2D eigenvalue weighted by Gasteiger charge is -2.14. The van der Waals surface area contributed by atoms with Crippen LogP contribution < -0.4 is 11.1 Å². The SMILES string of the molecule is COCCC(C)NC(=O)c1cnc(N)c2ccccc12. The molecule has 20 heavy (non-hydrogen) atoms. The second kappa shape index (κ2) is 6.34. The van der Waals surface area contributed by atoms with E-state index in [1.165, 1.54) is 6.20 Å². The number of nitrogens with one attached hydrogen (secondary N) is 1. The Morgan fingerprint density at radius 3 is 2.80 bits per heavy atom. The van der Waals surface area contributed by atoms with E-state index < -0.39 is 0 Å². The number of nitrogens with zero attached hydrogens (tertiary/aromatic N) is 1. The van der Waals surface area contributed by atoms with Crippen molar-refractivity contribution in [1.29, 1.82) is 0 Å². The number of carbonyl (C=O) groups is 1. The molecule has 1 aromatic heterocycles. The first-order valence-electron chi connectivity index (χ1n) is 6.56. The maximum Gasteiger partial charge on any atom is 0.253 e. The zero-order valence-electron chi connectivity index (χ0n) is 11.7. The fourth-order valence-corrected chi connectivity index (χ4v) is 2.06. The lowest BCUT2D eigenvalue weighted by atomic mass is 10.1. The van der Waals surface area contributed by atoms with Crippen molar-refractivity contribution in [3.8, 4) is 0 Å². The van der Waals surface area contributed by atoms with Crippen molar-refractivity contribution >= 4 is 22.5 Å². The van der Waals surface area contributed by atoms with Gasteiger partial charge in [-0.3, -0.25) is 4.79 Å². The quantitative estimate of drug-likeness (QED) is 0.873. The van der Waals surface area contributed by atoms with Gasteiger partial charge in [0.25, 0.3) is 5.91 Å². The summed E-state index contributed by atoms with van der Waals surface area (Å²) < 4.78 is 5.01. The number of methoxy groups -OCH3 is 1. The van der Waals surface area contributed by atoms with Crippen LogP contribution in [0.15, 0.2) is 30.5 Å². The molecule has 1 heterocycles. The molecule has 0 saturated carbocycles. The molecule has 0 radical (unpaired) electrons. The summed E-state index contributed by atoms with van der Waals surface area (Å²) in [5.41, 5.74) is 6.37. The Kier molecular flexibility index (Phi) is 4.53. The number of hydrogen-bond acceptors (Lipinski definition) is 4. The first kappa shape index (κ1) is 14.3. The fraction of sp³-hybridized carbons (Fsp3) is 0.333. The van der Waals surface area contributed by atoms with Gasteiger partial charge in [0.15, 0.2) is 0 Å². The van der Waals surface area contributed by atoms with E-state index in [4.69, 9.17) is 10.5 Å². The third-order valence-electron chi connectivity index (χ3n) is 3.20. The minimum Gasteiger partial charge on any atom is -0.385 e. The number of amides is 1. The van der Waals surface area contributed by atoms with Crippen LogP contribution in [-0.4, -0.2) is 30.6 Å². The molecule has 2 aromatic rings. The summed E-state index contributed by atoms with van der Waals surface area (Å²) in [6.07, 6.45) is 2.29. The normalized spacial score (nSPS) is 12.3. The van der Waals surface area contributed by atoms with Crippen LogP contribution in [-0.2, 0) is 4.74 Å². The van der Waals surface area contributed by atoms with Crippen LogP contribution in [0.5, 0.6) is 0 Å². The molecular weight excluding hydrogens is 254 g/mol. The second-order valence-electron chi connectivity index (χ2n) is 4.76. The number of fused-ring (bicyclic) bond motifs is 1. The summed E-state index contributed by atoms with van der Waals surface area (Å²) in [5.74, 6) is 0.293. The average molecular weight is 273 g/mol. The Labute approximate surface area is 118 Å². The van der Waals surface area contributed by atoms with Gasteiger partial charge in [0.2, 0.25) is 0 Å². The Bertz CT molecular complexity index is 613. The Hall–Kier alpha value is -2.14. The van der Waals surface area contributed by atoms with Crippen LogP contribution in [0.1, 0.15) is 23.7 Å². The van der Waals surface area contributed by atoms with Gasteiger partial charge in [0.05, 0.1) is 5.56 Å². The number of hydrogen-bond donors (Lipinski definition) is 2. The molecule has 1 unspecified atom stereocenters. The van der Waals surface area contributed by atoms with Crippen molar-refractivity contribution in [1.82, 2.24) is 10.3 Å². The zero-order valence-corrected chi connectivity index (χ0v) is 11.7. The molecule has 1 aromatic carbocycles. The first-order valence-corrected chi connectivity index (χ1v) is 6.56. The summed E-state index contributed by atoms with van der Waals surface area (Å²) in [6, 6.07) is 7.54. The van der Waals surface area contributed by atoms with Crippen LogP contribution in [0.2, 0.25) is 0 Å². The van der Waals surface area contributed by atoms with Crippen molar-refractivity contribution < 1.29 is 9.53 Å². The lowest BCUT2D eigenvalue weighted by Crippen LogP contribution is -2.33. The summed E-state index contributed by atoms with van der Waals surface area (Å²) in [4.78, 5) is 16.4. The summed E-state index contributed by atoms with van der Waals surface area (Å²) in [5, 5.41) is 4.55. The minimum atomic E-state index is -0.141. The molecule has 0 aliphatic carbocycles. The summed E-state index contributed by atoms with van der Waals surface area (Å²) in [7, 11) is 1.64. The van der Waals surface area contributed by atoms with Gasteiger partial charge in [0, 0.05) is 31.3 Å². The molecule has 5 heteroatoms. The van der Waals surface area contributed by atoms with Crippen LogP contribution in [0.3, 0.4) is 0 Å². The standard InChI is InChI=1S/C15H19N3O2/c1-10(7-8-20-2)18-15(19)13-9-17-14(16)12-6-4-3-5-11(12)13/h3-6,9-10H,7-8H2,1-2H3,(H2,16,17)(H,18,19). The van der Waals surface area contributed by atoms with Gasteiger partial charge < -0.3 is 15.8 Å². The number of aromatic nitrogens is 1. The number of nitrogens with two attached hydrogens (primary N) is 1. The minimum absolute atomic E-state index is 0.0405. The predicted octanol–water partition coefficient (Wildman–Crippen LogP) is 1.97. The third-order valence-corrected chi connectivity index (χ3v) is 3.20. The highest BCUT2D eigenvalue weighted by Gasteiger charge is 2.14. The van der Waals surface area contributed by atoms with Crippen molar-refractivity contribution in [3.63, 3.8) is 0 Å². The number of anilines is 1. The maximum atomic E-state index is 12.3. The Balaban J connectivity index is 2.24. The summed E-state index contributed by atoms with van der Waals surface area (Å²) >= 11 is 0. The number of benzene rings is 1. The van der Waals surface area contributed by atoms with Crippen molar-refractivity contribution in [2.75, 3.05) is 19.5 Å². The molecule has 0 fully saturated rings. The molecule has 106 valence electrons. The van der Waals surface area contributed by atoms with E-state index in [0.717, 1.165) is 17.2 Å². The highest BCUT2D eigenvalue weighted by Crippen LogP contribution is 2.22. The number of ether oxygens (including phenoxy) is 1. The summed E-state index contributed by atoms with van der Waals surface area (Å²) in [6.45, 7) is 2.56. The molecule has 0 spiro atoms. The van der Waals surface area contributed by atoms with E-state index in [9.17, 15) is 4.79 Å². The van der Waals surface area contributed by atoms with Crippen LogP contribution in [0, 0.1) is 0 Å². The van der Waals surface area contributed by atoms with Crippen LogP contribution in [0.25, 0.3) is 10.8 Å². The van der Waals surface area contributed by atoms with Gasteiger partial charge in [-0.05, 0) is 18.7 Å². The molecule has 0 bridgehead atoms. The molecule has 1 atom stereocenters. The molecule has 0 aliphatic heterocycles. The molecule has 2 rings (SSSR count). The van der Waals surface area contributed by atoms with E-state index in [1.54, 1.807) is 7.11 Å². The second-order valence-corrected chi connectivity index (χ2v) is 4.76. The van der Waals surface area contributed by atoms with Crippen molar-refractivity contribution in [3.05, 3.63) is 36.0 Å². The zero-order chi connectivity index (χ0) is 14.5. The number of pyridine rings is 1. The van der Waals surface area contributed by atoms with Crippen LogP contribution in [0.4, 0.5) is 5.82 Å². The van der Waals surface area contributed by atoms with E-state index in [1.807, 2.05) is 31.2 Å². The van der Waals surface area contributed by atoms with E-state index in [2.05, 4.69) is 10.3 Å². The lowest BCUT2D eigenvalue weighted by molar-refractivity contribution is 0.0931. The fourth-order valence-electron chi connectivity index (χ4n) is 2.06. The number of nitrogen functional groups attached to an aromatic ring is 1. The van der Waals surface area contributed by atoms with Gasteiger partial charge >= 0.3 is 0 Å². The monoisotopic (exact) mass is 273 g/mol. The van der Waals surface area contributed by atoms with Crippen molar-refractivity contribution in [2.45, 2.75) is 19.4 Å². The average Bonchev–Trinajstić information content (AvgIpc) is 2.45. The highest BCUT2D eigenvalue weighted by atomic mass is 16.5. The van der Waals surface area contributed by atoms with Crippen LogP contribution >= 0.6 is 0 Å². The molecule has 0 saturated heterocycles. The van der Waals surface area contributed by atoms with E-state index in [0.29, 0.717) is 18.0 Å². The molecular formula is C15H19N3O2. The molecule has 3 N–H and O–H groups in total. The number of rotatable bonds is 5. The number of carbonyl (C=O) groups excluding carboxylic acids is 1. The first-order chi connectivity index (χ1) is 9.63. The van der Waals surface area contributed by atoms with Gasteiger partial charge in [-0.25, -0.2) is 4.98 Å². The third kappa shape index (κ3) is 3.05. The molecule has 1 amide bonds. The molecule has 0 aliphatic rings. The van der Waals surface area contributed by atoms with Crippen molar-refractivity contribution in [2.24, 2.45) is 0 Å². The van der Waals surface area contributed by atoms with Gasteiger partial charge in [-0.1, -0.05) is 24.3 Å². The van der Waals surface area contributed by atoms with Gasteiger partial charge in [0.1, 0.15) is 5.82 Å². The van der Waals surface area contributed by atoms with E-state index >= 15 is 0 Å². The topological polar surface area (TPSA) is 77.2 Å². The highest BCUT2D eigenvalue weighted by molar-refractivity contribution is 6.09. The predicted molar refractivity (Wildman–Crippen MR) is 79.6 cm³/mol. The smallest absolute Gasteiger partial charge is 0.253 e. The van der Waals surface area contributed by atoms with Gasteiger partial charge in [-0.15, -0.1) is 0 Å². The largest absolute Gasteiger partial charge is 0.385 e. The van der Waals surface area contributed by atoms with E-state index in [-0.39, 0.29) is 11.9 Å². The molecule has 5 nitrogen and oxygen atoms in total.